The second-order valence-corrected chi connectivity index (χ2v) is 7.84. The third-order valence-electron chi connectivity index (χ3n) is 3.94. The number of benzene rings is 2. The summed E-state index contributed by atoms with van der Waals surface area (Å²) in [5, 5.41) is 9.02. The molecule has 2 rings (SSSR count). The van der Waals surface area contributed by atoms with Gasteiger partial charge in [0, 0.05) is 12.6 Å². The topological polar surface area (TPSA) is 86.7 Å². The monoisotopic (exact) mass is 362 g/mol. The van der Waals surface area contributed by atoms with Gasteiger partial charge in [-0.15, -0.1) is 0 Å². The van der Waals surface area contributed by atoms with Gasteiger partial charge in [0.1, 0.15) is 0 Å². The number of carboxylic acids is 1. The second-order valence-electron chi connectivity index (χ2n) is 6.07. The maximum absolute atomic E-state index is 12.5. The van der Waals surface area contributed by atoms with Crippen LogP contribution in [0.5, 0.6) is 0 Å². The number of hydrogen-bond acceptors (Lipinski definition) is 4. The molecule has 6 nitrogen and oxygen atoms in total. The van der Waals surface area contributed by atoms with Gasteiger partial charge in [-0.05, 0) is 44.8 Å². The van der Waals surface area contributed by atoms with Crippen molar-refractivity contribution < 1.29 is 18.3 Å². The smallest absolute Gasteiger partial charge is 0.335 e. The number of hydrogen-bond donors (Lipinski definition) is 2. The van der Waals surface area contributed by atoms with E-state index in [1.807, 2.05) is 50.2 Å². The minimum Gasteiger partial charge on any atom is -0.478 e. The van der Waals surface area contributed by atoms with Gasteiger partial charge in [0.25, 0.3) is 0 Å². The molecule has 0 bridgehead atoms. The Bertz CT molecular complexity index is 846. The Kier molecular flexibility index (Phi) is 5.94. The molecule has 25 heavy (non-hydrogen) atoms. The van der Waals surface area contributed by atoms with E-state index in [4.69, 9.17) is 5.11 Å². The molecule has 1 unspecified atom stereocenters. The first-order valence-electron chi connectivity index (χ1n) is 7.77. The van der Waals surface area contributed by atoms with Crippen LogP contribution < -0.4 is 4.72 Å². The molecule has 0 amide bonds. The van der Waals surface area contributed by atoms with Gasteiger partial charge >= 0.3 is 5.97 Å². The zero-order chi connectivity index (χ0) is 18.6. The van der Waals surface area contributed by atoms with Crippen LogP contribution in [0.2, 0.25) is 0 Å². The number of carboxylic acid groups (broad SMARTS) is 1. The molecule has 0 saturated heterocycles. The van der Waals surface area contributed by atoms with Crippen LogP contribution in [0.1, 0.15) is 27.5 Å². The van der Waals surface area contributed by atoms with Crippen molar-refractivity contribution >= 4 is 16.0 Å². The summed E-state index contributed by atoms with van der Waals surface area (Å²) in [5.74, 6) is -1.16. The molecule has 2 aromatic carbocycles. The molecule has 7 heteroatoms. The molecule has 0 heterocycles. The van der Waals surface area contributed by atoms with Crippen molar-refractivity contribution in [2.24, 2.45) is 0 Å². The van der Waals surface area contributed by atoms with E-state index >= 15 is 0 Å². The maximum atomic E-state index is 12.5. The van der Waals surface area contributed by atoms with Crippen molar-refractivity contribution in [3.63, 3.8) is 0 Å². The number of rotatable bonds is 7. The summed E-state index contributed by atoms with van der Waals surface area (Å²) >= 11 is 0. The lowest BCUT2D eigenvalue weighted by Gasteiger charge is -2.25. The Morgan fingerprint density at radius 2 is 1.80 bits per heavy atom. The lowest BCUT2D eigenvalue weighted by Crippen LogP contribution is -2.34. The maximum Gasteiger partial charge on any atom is 0.335 e. The number of aromatic carboxylic acids is 1. The van der Waals surface area contributed by atoms with Crippen molar-refractivity contribution in [1.82, 2.24) is 9.62 Å². The summed E-state index contributed by atoms with van der Waals surface area (Å²) in [7, 11) is -0.0434. The van der Waals surface area contributed by atoms with Crippen LogP contribution in [0.25, 0.3) is 0 Å². The minimum absolute atomic E-state index is 0.0613. The van der Waals surface area contributed by atoms with Crippen LogP contribution in [0.15, 0.2) is 53.4 Å². The van der Waals surface area contributed by atoms with Crippen LogP contribution in [0, 0.1) is 6.92 Å². The minimum atomic E-state index is -3.80. The van der Waals surface area contributed by atoms with Crippen LogP contribution in [0.4, 0.5) is 0 Å². The number of likely N-dealkylation sites (N-methyl/N-ethyl adjacent to an activating group) is 1. The molecule has 0 aromatic heterocycles. The Hall–Kier alpha value is -2.22. The van der Waals surface area contributed by atoms with Crippen molar-refractivity contribution in [1.29, 1.82) is 0 Å². The van der Waals surface area contributed by atoms with Gasteiger partial charge in [0.05, 0.1) is 10.5 Å². The zero-order valence-electron chi connectivity index (χ0n) is 14.4. The van der Waals surface area contributed by atoms with Crippen molar-refractivity contribution in [3.8, 4) is 0 Å². The quantitative estimate of drug-likeness (QED) is 0.789. The summed E-state index contributed by atoms with van der Waals surface area (Å²) in [4.78, 5) is 12.9. The third-order valence-corrected chi connectivity index (χ3v) is 5.36. The molecule has 2 N–H and O–H groups in total. The standard InChI is InChI=1S/C18H22N2O4S/c1-13-7-9-14(10-8-13)17(20(2)3)12-19-25(23,24)16-6-4-5-15(11-16)18(21)22/h4-11,17,19H,12H2,1-3H3,(H,21,22). The Morgan fingerprint density at radius 3 is 2.36 bits per heavy atom. The van der Waals surface area contributed by atoms with Crippen LogP contribution in [0.3, 0.4) is 0 Å². The fourth-order valence-corrected chi connectivity index (χ4v) is 3.54. The predicted octanol–water partition coefficient (Wildman–Crippen LogP) is 2.27. The molecule has 0 aliphatic rings. The largest absolute Gasteiger partial charge is 0.478 e. The van der Waals surface area contributed by atoms with Gasteiger partial charge in [0.15, 0.2) is 0 Å². The van der Waals surface area contributed by atoms with Gasteiger partial charge in [-0.1, -0.05) is 35.9 Å². The van der Waals surface area contributed by atoms with E-state index < -0.39 is 16.0 Å². The van der Waals surface area contributed by atoms with E-state index in [0.717, 1.165) is 17.2 Å². The number of sulfonamides is 1. The van der Waals surface area contributed by atoms with E-state index in [-0.39, 0.29) is 23.0 Å². The molecular weight excluding hydrogens is 340 g/mol. The Labute approximate surface area is 148 Å². The van der Waals surface area contributed by atoms with Gasteiger partial charge in [-0.3, -0.25) is 0 Å². The molecule has 2 aromatic rings. The lowest BCUT2D eigenvalue weighted by atomic mass is 10.0. The summed E-state index contributed by atoms with van der Waals surface area (Å²) in [6.07, 6.45) is 0. The SMILES string of the molecule is Cc1ccc(C(CNS(=O)(=O)c2cccc(C(=O)O)c2)N(C)C)cc1. The first-order valence-corrected chi connectivity index (χ1v) is 9.25. The van der Waals surface area contributed by atoms with Gasteiger partial charge in [0.2, 0.25) is 10.0 Å². The highest BCUT2D eigenvalue weighted by molar-refractivity contribution is 7.89. The van der Waals surface area contributed by atoms with Gasteiger partial charge < -0.3 is 10.0 Å². The fourth-order valence-electron chi connectivity index (χ4n) is 2.46. The molecule has 134 valence electrons. The van der Waals surface area contributed by atoms with Crippen LogP contribution in [-0.2, 0) is 10.0 Å². The number of nitrogens with zero attached hydrogens (tertiary/aromatic N) is 1. The molecular formula is C18H22N2O4S. The normalized spacial score (nSPS) is 13.0. The lowest BCUT2D eigenvalue weighted by molar-refractivity contribution is 0.0696. The highest BCUT2D eigenvalue weighted by Crippen LogP contribution is 2.19. The van der Waals surface area contributed by atoms with Gasteiger partial charge in [-0.2, -0.15) is 0 Å². The summed E-state index contributed by atoms with van der Waals surface area (Å²) in [6.45, 7) is 2.17. The first kappa shape index (κ1) is 19.1. The fraction of sp³-hybridized carbons (Fsp3) is 0.278. The number of aryl methyl sites for hydroxylation is 1. The second kappa shape index (κ2) is 7.77. The van der Waals surface area contributed by atoms with E-state index in [1.165, 1.54) is 18.2 Å². The predicted molar refractivity (Wildman–Crippen MR) is 96.2 cm³/mol. The molecule has 0 radical (unpaired) electrons. The van der Waals surface area contributed by atoms with E-state index in [9.17, 15) is 13.2 Å². The van der Waals surface area contributed by atoms with Crippen LogP contribution >= 0.6 is 0 Å². The van der Waals surface area contributed by atoms with E-state index in [1.54, 1.807) is 0 Å². The highest BCUT2D eigenvalue weighted by Gasteiger charge is 2.20. The highest BCUT2D eigenvalue weighted by atomic mass is 32.2. The molecule has 1 atom stereocenters. The van der Waals surface area contributed by atoms with Crippen LogP contribution in [-0.4, -0.2) is 45.0 Å². The molecule has 0 saturated carbocycles. The molecule has 0 aliphatic heterocycles. The Morgan fingerprint density at radius 1 is 1.16 bits per heavy atom. The summed E-state index contributed by atoms with van der Waals surface area (Å²) < 4.78 is 27.6. The molecule has 0 aliphatic carbocycles. The van der Waals surface area contributed by atoms with Crippen molar-refractivity contribution in [2.45, 2.75) is 17.9 Å². The van der Waals surface area contributed by atoms with E-state index in [2.05, 4.69) is 4.72 Å². The van der Waals surface area contributed by atoms with Gasteiger partial charge in [-0.25, -0.2) is 17.9 Å². The third kappa shape index (κ3) is 4.88. The van der Waals surface area contributed by atoms with E-state index in [0.29, 0.717) is 0 Å². The molecule has 0 fully saturated rings. The summed E-state index contributed by atoms with van der Waals surface area (Å²) in [5.41, 5.74) is 2.07. The summed E-state index contributed by atoms with van der Waals surface area (Å²) in [6, 6.07) is 13.1. The average Bonchev–Trinajstić information content (AvgIpc) is 2.56. The zero-order valence-corrected chi connectivity index (χ0v) is 15.2. The Balaban J connectivity index is 2.20. The first-order chi connectivity index (χ1) is 11.7. The number of carbonyl (C=O) groups is 1. The van der Waals surface area contributed by atoms with Crippen molar-refractivity contribution in [3.05, 3.63) is 65.2 Å². The van der Waals surface area contributed by atoms with Crippen molar-refractivity contribution in [2.75, 3.05) is 20.6 Å². The number of nitrogens with one attached hydrogen (secondary N) is 1. The molecule has 0 spiro atoms. The average molecular weight is 362 g/mol.